The number of hydrogen-bond acceptors (Lipinski definition) is 6. The average Bonchev–Trinajstić information content (AvgIpc) is 3.02. The van der Waals surface area contributed by atoms with Crippen molar-refractivity contribution >= 4 is 12.0 Å². The minimum Gasteiger partial charge on any atom is -0.497 e. The highest BCUT2D eigenvalue weighted by molar-refractivity contribution is 5.78. The maximum atomic E-state index is 13.2. The van der Waals surface area contributed by atoms with Crippen LogP contribution in [0.4, 0.5) is 0 Å². The molecular formula is C27H35N3O4. The van der Waals surface area contributed by atoms with Crippen LogP contribution in [-0.2, 0) is 20.9 Å². The Kier molecular flexibility index (Phi) is 9.07. The minimum absolute atomic E-state index is 0.0474. The Balaban J connectivity index is 1.39. The Hall–Kier alpha value is -2.74. The summed E-state index contributed by atoms with van der Waals surface area (Å²) in [7, 11) is 1.67. The first kappa shape index (κ1) is 24.4. The Labute approximate surface area is 202 Å². The van der Waals surface area contributed by atoms with Crippen LogP contribution in [0.3, 0.4) is 0 Å². The van der Waals surface area contributed by atoms with Crippen molar-refractivity contribution in [1.29, 1.82) is 0 Å². The Morgan fingerprint density at radius 2 is 1.85 bits per heavy atom. The topological polar surface area (TPSA) is 64.1 Å². The normalized spacial score (nSPS) is 20.6. The number of hydrogen-bond donors (Lipinski definition) is 0. The quantitative estimate of drug-likeness (QED) is 0.567. The Morgan fingerprint density at radius 1 is 1.09 bits per heavy atom. The van der Waals surface area contributed by atoms with Crippen LogP contribution in [0.25, 0.3) is 6.08 Å². The van der Waals surface area contributed by atoms with E-state index in [0.717, 1.165) is 49.5 Å². The van der Waals surface area contributed by atoms with Gasteiger partial charge in [-0.2, -0.15) is 0 Å². The molecule has 2 aliphatic heterocycles. The highest BCUT2D eigenvalue weighted by atomic mass is 16.5. The van der Waals surface area contributed by atoms with Gasteiger partial charge in [0.2, 0.25) is 5.91 Å². The molecule has 2 aliphatic rings. The first-order chi connectivity index (χ1) is 16.7. The van der Waals surface area contributed by atoms with Crippen molar-refractivity contribution in [2.45, 2.75) is 25.6 Å². The molecule has 1 amide bonds. The zero-order valence-electron chi connectivity index (χ0n) is 20.0. The monoisotopic (exact) mass is 465 g/mol. The van der Waals surface area contributed by atoms with Gasteiger partial charge in [-0.05, 0) is 54.2 Å². The second-order valence-electron chi connectivity index (χ2n) is 9.01. The highest BCUT2D eigenvalue weighted by Crippen LogP contribution is 2.19. The van der Waals surface area contributed by atoms with Gasteiger partial charge >= 0.3 is 0 Å². The van der Waals surface area contributed by atoms with E-state index in [9.17, 15) is 4.79 Å². The van der Waals surface area contributed by atoms with Crippen molar-refractivity contribution in [3.63, 3.8) is 0 Å². The van der Waals surface area contributed by atoms with Crippen LogP contribution in [0.5, 0.6) is 5.75 Å². The van der Waals surface area contributed by atoms with Crippen molar-refractivity contribution in [3.8, 4) is 5.75 Å². The van der Waals surface area contributed by atoms with Crippen molar-refractivity contribution in [2.75, 3.05) is 53.0 Å². The summed E-state index contributed by atoms with van der Waals surface area (Å²) in [6.45, 7) is 5.32. The Bertz CT molecular complexity index is 913. The van der Waals surface area contributed by atoms with Crippen LogP contribution in [-0.4, -0.2) is 79.8 Å². The second kappa shape index (κ2) is 12.6. The lowest BCUT2D eigenvalue weighted by Gasteiger charge is -2.30. The van der Waals surface area contributed by atoms with Crippen LogP contribution < -0.4 is 4.74 Å². The molecule has 3 heterocycles. The number of benzene rings is 1. The van der Waals surface area contributed by atoms with Crippen LogP contribution in [0.2, 0.25) is 0 Å². The number of ether oxygens (including phenoxy) is 3. The molecule has 0 spiro atoms. The van der Waals surface area contributed by atoms with E-state index in [4.69, 9.17) is 14.2 Å². The molecule has 4 rings (SSSR count). The molecule has 1 aromatic heterocycles. The summed E-state index contributed by atoms with van der Waals surface area (Å²) in [6, 6.07) is 11.9. The standard InChI is InChI=1S/C27H35N3O4/c1-32-25-6-4-22(5-7-25)3-2-14-29-18-26(34-21-24-8-12-28-13-9-24)19-30(27(31)20-29)17-23-10-15-33-16-11-23/h2-9,12-13,23,26H,10-11,14-21H2,1H3/b3-2+. The summed E-state index contributed by atoms with van der Waals surface area (Å²) in [5, 5.41) is 0. The molecule has 0 saturated carbocycles. The number of methoxy groups -OCH3 is 1. The van der Waals surface area contributed by atoms with E-state index in [1.165, 1.54) is 0 Å². The lowest BCUT2D eigenvalue weighted by molar-refractivity contribution is -0.133. The van der Waals surface area contributed by atoms with Crippen molar-refractivity contribution in [2.24, 2.45) is 5.92 Å². The third-order valence-electron chi connectivity index (χ3n) is 6.44. The molecule has 2 aromatic rings. The van der Waals surface area contributed by atoms with Gasteiger partial charge in [-0.15, -0.1) is 0 Å². The first-order valence-corrected chi connectivity index (χ1v) is 12.1. The third kappa shape index (κ3) is 7.38. The number of nitrogens with zero attached hydrogens (tertiary/aromatic N) is 3. The van der Waals surface area contributed by atoms with Gasteiger partial charge in [0.15, 0.2) is 0 Å². The van der Waals surface area contributed by atoms with E-state index in [1.54, 1.807) is 19.5 Å². The van der Waals surface area contributed by atoms with Crippen LogP contribution >= 0.6 is 0 Å². The van der Waals surface area contributed by atoms with Crippen LogP contribution in [0, 0.1) is 5.92 Å². The van der Waals surface area contributed by atoms with Gasteiger partial charge in [0, 0.05) is 51.8 Å². The van der Waals surface area contributed by atoms with Gasteiger partial charge < -0.3 is 19.1 Å². The van der Waals surface area contributed by atoms with E-state index < -0.39 is 0 Å². The molecule has 7 heteroatoms. The van der Waals surface area contributed by atoms with Crippen LogP contribution in [0.15, 0.2) is 54.9 Å². The third-order valence-corrected chi connectivity index (χ3v) is 6.44. The van der Waals surface area contributed by atoms with Crippen molar-refractivity contribution < 1.29 is 19.0 Å². The molecular weight excluding hydrogens is 430 g/mol. The average molecular weight is 466 g/mol. The molecule has 2 saturated heterocycles. The van der Waals surface area contributed by atoms with E-state index in [-0.39, 0.29) is 12.0 Å². The van der Waals surface area contributed by atoms with Gasteiger partial charge in [-0.25, -0.2) is 0 Å². The van der Waals surface area contributed by atoms with Gasteiger partial charge in [-0.3, -0.25) is 14.7 Å². The predicted octanol–water partition coefficient (Wildman–Crippen LogP) is 3.26. The number of amides is 1. The molecule has 0 aliphatic carbocycles. The lowest BCUT2D eigenvalue weighted by atomic mass is 9.99. The largest absolute Gasteiger partial charge is 0.497 e. The fraction of sp³-hybridized carbons (Fsp3) is 0.481. The molecule has 34 heavy (non-hydrogen) atoms. The number of carbonyl (C=O) groups excluding carboxylic acids is 1. The molecule has 7 nitrogen and oxygen atoms in total. The number of carbonyl (C=O) groups is 1. The highest BCUT2D eigenvalue weighted by Gasteiger charge is 2.30. The molecule has 0 N–H and O–H groups in total. The van der Waals surface area contributed by atoms with E-state index in [0.29, 0.717) is 38.7 Å². The minimum atomic E-state index is -0.0474. The van der Waals surface area contributed by atoms with Crippen molar-refractivity contribution in [1.82, 2.24) is 14.8 Å². The fourth-order valence-electron chi connectivity index (χ4n) is 4.46. The Morgan fingerprint density at radius 3 is 2.59 bits per heavy atom. The SMILES string of the molecule is COc1ccc(/C=C/CN2CC(=O)N(CC3CCOCC3)CC(OCc3ccncc3)C2)cc1. The van der Waals surface area contributed by atoms with E-state index >= 15 is 0 Å². The lowest BCUT2D eigenvalue weighted by Crippen LogP contribution is -2.42. The van der Waals surface area contributed by atoms with Gasteiger partial charge in [0.25, 0.3) is 0 Å². The fourth-order valence-corrected chi connectivity index (χ4v) is 4.46. The summed E-state index contributed by atoms with van der Waals surface area (Å²) in [5.41, 5.74) is 2.20. The maximum absolute atomic E-state index is 13.2. The molecule has 182 valence electrons. The summed E-state index contributed by atoms with van der Waals surface area (Å²) in [5.74, 6) is 1.52. The maximum Gasteiger partial charge on any atom is 0.236 e. The summed E-state index contributed by atoms with van der Waals surface area (Å²) in [4.78, 5) is 21.5. The molecule has 1 atom stereocenters. The van der Waals surface area contributed by atoms with Crippen molar-refractivity contribution in [3.05, 3.63) is 66.0 Å². The zero-order chi connectivity index (χ0) is 23.6. The number of pyridine rings is 1. The molecule has 0 radical (unpaired) electrons. The summed E-state index contributed by atoms with van der Waals surface area (Å²) in [6.07, 6.45) is 9.74. The van der Waals surface area contributed by atoms with E-state index in [2.05, 4.69) is 22.0 Å². The van der Waals surface area contributed by atoms with E-state index in [1.807, 2.05) is 41.3 Å². The smallest absolute Gasteiger partial charge is 0.236 e. The zero-order valence-corrected chi connectivity index (χ0v) is 20.0. The number of aromatic nitrogens is 1. The molecule has 0 bridgehead atoms. The summed E-state index contributed by atoms with van der Waals surface area (Å²) < 4.78 is 17.0. The molecule has 2 fully saturated rings. The molecule has 1 unspecified atom stereocenters. The predicted molar refractivity (Wildman–Crippen MR) is 131 cm³/mol. The van der Waals surface area contributed by atoms with Gasteiger partial charge in [0.05, 0.1) is 26.4 Å². The summed E-state index contributed by atoms with van der Waals surface area (Å²) >= 11 is 0. The van der Waals surface area contributed by atoms with Gasteiger partial charge in [-0.1, -0.05) is 24.3 Å². The van der Waals surface area contributed by atoms with Crippen LogP contribution in [0.1, 0.15) is 24.0 Å². The van der Waals surface area contributed by atoms with Gasteiger partial charge in [0.1, 0.15) is 5.75 Å². The first-order valence-electron chi connectivity index (χ1n) is 12.1. The molecule has 1 aromatic carbocycles. The second-order valence-corrected chi connectivity index (χ2v) is 9.01. The number of rotatable bonds is 9.